The Labute approximate surface area is 182 Å². The molecule has 152 valence electrons. The van der Waals surface area contributed by atoms with Gasteiger partial charge >= 0.3 is 0 Å². The molecule has 0 N–H and O–H groups in total. The summed E-state index contributed by atoms with van der Waals surface area (Å²) in [7, 11) is 0.246. The fourth-order valence-corrected chi connectivity index (χ4v) is 7.34. The molecule has 2 aromatic heterocycles. The maximum absolute atomic E-state index is 6.58. The van der Waals surface area contributed by atoms with Crippen molar-refractivity contribution in [3.63, 3.8) is 0 Å². The van der Waals surface area contributed by atoms with Crippen LogP contribution in [0.1, 0.15) is 5.56 Å². The zero-order chi connectivity index (χ0) is 21.3. The van der Waals surface area contributed by atoms with Gasteiger partial charge < -0.3 is 9.15 Å². The molecule has 1 aliphatic heterocycles. The van der Waals surface area contributed by atoms with Crippen molar-refractivity contribution in [2.75, 3.05) is 0 Å². The van der Waals surface area contributed by atoms with Gasteiger partial charge in [0.05, 0.1) is 17.2 Å². The Morgan fingerprint density at radius 2 is 1.68 bits per heavy atom. The number of nitrogens with zero attached hydrogens (tertiary/aromatic N) is 1. The Bertz CT molecular complexity index is 1500. The summed E-state index contributed by atoms with van der Waals surface area (Å²) < 4.78 is 14.5. The summed E-state index contributed by atoms with van der Waals surface area (Å²) in [4.78, 5) is 0. The molecule has 0 unspecified atom stereocenters. The Morgan fingerprint density at radius 1 is 0.871 bits per heavy atom. The van der Waals surface area contributed by atoms with Crippen LogP contribution in [0.25, 0.3) is 33.0 Å². The largest absolute Gasteiger partial charge is 0.464 e. The van der Waals surface area contributed by atoms with E-state index >= 15 is 0 Å². The molecule has 6 rings (SSSR count). The monoisotopic (exact) mass is 422 g/mol. The van der Waals surface area contributed by atoms with Gasteiger partial charge in [0, 0.05) is 17.5 Å². The third kappa shape index (κ3) is 2.55. The van der Waals surface area contributed by atoms with E-state index in [0.717, 1.165) is 28.0 Å². The Kier molecular flexibility index (Phi) is 3.75. The predicted octanol–water partition coefficient (Wildman–Crippen LogP) is 5.31. The van der Waals surface area contributed by atoms with Gasteiger partial charge in [0.1, 0.15) is 32.2 Å². The fraction of sp³-hybridized carbons (Fsp3) is 0.148. The van der Waals surface area contributed by atoms with Crippen molar-refractivity contribution < 1.29 is 13.7 Å². The summed E-state index contributed by atoms with van der Waals surface area (Å²) in [5.74, 6) is 1.81. The molecule has 3 nitrogen and oxygen atoms in total. The number of furan rings is 1. The number of hydrogen-bond donors (Lipinski definition) is 0. The minimum atomic E-state index is -1.87. The second-order valence-corrected chi connectivity index (χ2v) is 13.4. The zero-order valence-corrected chi connectivity index (χ0v) is 19.2. The summed E-state index contributed by atoms with van der Waals surface area (Å²) in [5.41, 5.74) is 4.42. The maximum atomic E-state index is 6.58. The van der Waals surface area contributed by atoms with Gasteiger partial charge in [-0.25, -0.2) is 4.57 Å². The highest BCUT2D eigenvalue weighted by Gasteiger charge is 2.33. The predicted molar refractivity (Wildman–Crippen MR) is 128 cm³/mol. The van der Waals surface area contributed by atoms with E-state index in [-0.39, 0.29) is 0 Å². The van der Waals surface area contributed by atoms with E-state index in [1.54, 1.807) is 6.26 Å². The molecule has 0 amide bonds. The summed E-state index contributed by atoms with van der Waals surface area (Å²) in [5, 5.41) is 6.35. The lowest BCUT2D eigenvalue weighted by Crippen LogP contribution is -2.52. The molecule has 0 fully saturated rings. The molecule has 5 aromatic rings. The molecule has 0 aliphatic carbocycles. The normalized spacial score (nSPS) is 12.8. The van der Waals surface area contributed by atoms with Gasteiger partial charge in [0.2, 0.25) is 5.69 Å². The Balaban J connectivity index is 1.66. The number of fused-ring (bicyclic) bond motifs is 3. The average Bonchev–Trinajstić information content (AvgIpc) is 3.25. The van der Waals surface area contributed by atoms with Gasteiger partial charge in [-0.3, -0.25) is 0 Å². The van der Waals surface area contributed by atoms with Gasteiger partial charge in [-0.15, -0.1) is 0 Å². The molecule has 0 bridgehead atoms. The van der Waals surface area contributed by atoms with E-state index in [1.807, 2.05) is 12.1 Å². The number of rotatable bonds is 2. The van der Waals surface area contributed by atoms with Gasteiger partial charge in [0.25, 0.3) is 0 Å². The van der Waals surface area contributed by atoms with Crippen molar-refractivity contribution in [2.45, 2.75) is 20.0 Å². The summed E-state index contributed by atoms with van der Waals surface area (Å²) >= 11 is 0. The van der Waals surface area contributed by atoms with Crippen molar-refractivity contribution in [3.8, 4) is 22.8 Å². The van der Waals surface area contributed by atoms with Crippen LogP contribution in [0, 0.1) is 6.92 Å². The van der Waals surface area contributed by atoms with Crippen LogP contribution in [0.5, 0.6) is 11.5 Å². The van der Waals surface area contributed by atoms with E-state index in [9.17, 15) is 0 Å². The standard InChI is InChI=1S/C27H24NO2Si/c1-17-21-11-13-29-22(21)16-24-25(17)27-26-18(10-12-28(27)2)14-20(15-23(26)30-24)31(3,4)19-8-6-5-7-9-19/h5-16H,1-4H3/q+1. The van der Waals surface area contributed by atoms with Crippen LogP contribution in [0.4, 0.5) is 0 Å². The topological polar surface area (TPSA) is 26.2 Å². The molecule has 0 saturated carbocycles. The number of pyridine rings is 1. The molecule has 0 radical (unpaired) electrons. The van der Waals surface area contributed by atoms with E-state index in [4.69, 9.17) is 9.15 Å². The van der Waals surface area contributed by atoms with E-state index in [0.29, 0.717) is 0 Å². The van der Waals surface area contributed by atoms with Gasteiger partial charge in [-0.2, -0.15) is 0 Å². The quantitative estimate of drug-likeness (QED) is 0.279. The molecule has 31 heavy (non-hydrogen) atoms. The first kappa shape index (κ1) is 18.4. The van der Waals surface area contributed by atoms with Gasteiger partial charge in [-0.05, 0) is 30.0 Å². The molecule has 3 aromatic carbocycles. The lowest BCUT2D eigenvalue weighted by atomic mass is 9.94. The molecule has 4 heteroatoms. The fourth-order valence-electron chi connectivity index (χ4n) is 4.98. The number of aryl methyl sites for hydroxylation is 2. The minimum Gasteiger partial charge on any atom is -0.464 e. The Hall–Kier alpha value is -3.37. The molecule has 1 aliphatic rings. The smallest absolute Gasteiger partial charge is 0.228 e. The van der Waals surface area contributed by atoms with E-state index in [2.05, 4.69) is 86.4 Å². The van der Waals surface area contributed by atoms with Gasteiger partial charge in [0.15, 0.2) is 6.20 Å². The van der Waals surface area contributed by atoms with Crippen molar-refractivity contribution >= 4 is 40.2 Å². The minimum absolute atomic E-state index is 0.865. The van der Waals surface area contributed by atoms with Crippen LogP contribution in [0.2, 0.25) is 13.1 Å². The molecule has 0 saturated heterocycles. The summed E-state index contributed by atoms with van der Waals surface area (Å²) in [6.45, 7) is 6.98. The maximum Gasteiger partial charge on any atom is 0.228 e. The lowest BCUT2D eigenvalue weighted by molar-refractivity contribution is -0.659. The van der Waals surface area contributed by atoms with Crippen LogP contribution < -0.4 is 19.7 Å². The first-order chi connectivity index (χ1) is 14.9. The van der Waals surface area contributed by atoms with E-state index < -0.39 is 8.07 Å². The second-order valence-electron chi connectivity index (χ2n) is 9.01. The summed E-state index contributed by atoms with van der Waals surface area (Å²) in [6.07, 6.45) is 3.92. The molecular weight excluding hydrogens is 398 g/mol. The molecular formula is C27H24NO2Si+. The number of benzene rings is 3. The van der Waals surface area contributed by atoms with Crippen LogP contribution in [0.15, 0.2) is 77.5 Å². The third-order valence-electron chi connectivity index (χ3n) is 6.86. The van der Waals surface area contributed by atoms with Crippen LogP contribution in [-0.4, -0.2) is 8.07 Å². The molecule has 0 atom stereocenters. The van der Waals surface area contributed by atoms with E-state index in [1.165, 1.54) is 32.4 Å². The SMILES string of the molecule is Cc1c2c(cc3occc13)Oc1cc([Si](C)(C)c3ccccc3)cc3cc[n+](C)c-2c13. The lowest BCUT2D eigenvalue weighted by Gasteiger charge is -2.27. The Morgan fingerprint density at radius 3 is 2.48 bits per heavy atom. The first-order valence-corrected chi connectivity index (χ1v) is 13.7. The van der Waals surface area contributed by atoms with Gasteiger partial charge in [-0.1, -0.05) is 59.9 Å². The number of aromatic nitrogens is 1. The highest BCUT2D eigenvalue weighted by molar-refractivity contribution is 7.00. The first-order valence-electron chi connectivity index (χ1n) is 10.7. The average molecular weight is 423 g/mol. The van der Waals surface area contributed by atoms with Crippen LogP contribution in [-0.2, 0) is 7.05 Å². The van der Waals surface area contributed by atoms with Crippen LogP contribution in [0.3, 0.4) is 0 Å². The molecule has 0 spiro atoms. The molecule has 3 heterocycles. The highest BCUT2D eigenvalue weighted by atomic mass is 28.3. The summed E-state index contributed by atoms with van der Waals surface area (Å²) in [6, 6.07) is 21.8. The second kappa shape index (κ2) is 6.31. The zero-order valence-electron chi connectivity index (χ0n) is 18.2. The number of hydrogen-bond acceptors (Lipinski definition) is 2. The van der Waals surface area contributed by atoms with Crippen molar-refractivity contribution in [1.29, 1.82) is 0 Å². The van der Waals surface area contributed by atoms with Crippen molar-refractivity contribution in [1.82, 2.24) is 0 Å². The highest BCUT2D eigenvalue weighted by Crippen LogP contribution is 2.48. The van der Waals surface area contributed by atoms with Crippen molar-refractivity contribution in [2.24, 2.45) is 7.05 Å². The third-order valence-corrected chi connectivity index (χ3v) is 10.4. The van der Waals surface area contributed by atoms with Crippen molar-refractivity contribution in [3.05, 3.63) is 78.7 Å². The van der Waals surface area contributed by atoms with Crippen LogP contribution >= 0.6 is 0 Å². The number of ether oxygens (including phenoxy) is 1.